The van der Waals surface area contributed by atoms with E-state index in [4.69, 9.17) is 52.1 Å². The Bertz CT molecular complexity index is 2600. The molecule has 0 aromatic rings. The van der Waals surface area contributed by atoms with Crippen molar-refractivity contribution in [2.24, 2.45) is 46.8 Å². The predicted molar refractivity (Wildman–Crippen MR) is 298 cm³/mol. The Balaban J connectivity index is 1.01. The van der Waals surface area contributed by atoms with Crippen LogP contribution in [0.5, 0.6) is 0 Å². The van der Waals surface area contributed by atoms with Crippen LogP contribution in [0, 0.1) is 57.0 Å². The van der Waals surface area contributed by atoms with E-state index in [2.05, 4.69) is 25.2 Å². The number of nitrogens with zero attached hydrogens (tertiary/aromatic N) is 1. The molecule has 0 radical (unpaired) electrons. The number of aliphatic hydroxyl groups is 5. The van der Waals surface area contributed by atoms with Crippen molar-refractivity contribution < 1.29 is 96.9 Å². The zero-order valence-corrected chi connectivity index (χ0v) is 50.6. The second kappa shape index (κ2) is 25.1. The number of nitro groups is 1. The van der Waals surface area contributed by atoms with Crippen LogP contribution >= 0.6 is 0 Å². The summed E-state index contributed by atoms with van der Waals surface area (Å²) in [4.78, 5) is 55.1. The molecule has 1 saturated carbocycles. The third-order valence-corrected chi connectivity index (χ3v) is 20.3. The fraction of sp³-hybridized carbons (Fsp3) is 0.787. The molecule has 1 spiro atoms. The van der Waals surface area contributed by atoms with E-state index in [-0.39, 0.29) is 57.0 Å². The first-order valence-corrected chi connectivity index (χ1v) is 30.0. The lowest BCUT2D eigenvalue weighted by molar-refractivity contribution is -0.584. The van der Waals surface area contributed by atoms with E-state index in [1.165, 1.54) is 21.1 Å². The third-order valence-electron chi connectivity index (χ3n) is 20.3. The molecule has 9 aliphatic rings. The van der Waals surface area contributed by atoms with Gasteiger partial charge in [-0.15, -0.1) is 0 Å². The number of hydrogen-bond donors (Lipinski definition) is 6. The number of amides is 1. The average Bonchev–Trinajstić information content (AvgIpc) is 2.80. The number of rotatable bonds is 12. The summed E-state index contributed by atoms with van der Waals surface area (Å²) in [5.41, 5.74) is -3.37. The maximum absolute atomic E-state index is 15.6. The Morgan fingerprint density at radius 2 is 1.38 bits per heavy atom. The molecule has 23 nitrogen and oxygen atoms in total. The number of ketones is 1. The fourth-order valence-electron chi connectivity index (χ4n) is 15.8. The Morgan fingerprint density at radius 3 is 2.01 bits per heavy atom. The van der Waals surface area contributed by atoms with Gasteiger partial charge in [-0.25, -0.2) is 9.59 Å². The van der Waals surface area contributed by atoms with Gasteiger partial charge in [-0.05, 0) is 89.2 Å². The Hall–Kier alpha value is -4.21. The lowest BCUT2D eigenvalue weighted by Crippen LogP contribution is -2.65. The molecule has 2 bridgehead atoms. The van der Waals surface area contributed by atoms with Crippen LogP contribution < -0.4 is 5.32 Å². The van der Waals surface area contributed by atoms with Crippen LogP contribution in [0.25, 0.3) is 0 Å². The fourth-order valence-corrected chi connectivity index (χ4v) is 15.8. The minimum absolute atomic E-state index is 0.00457. The highest BCUT2D eigenvalue weighted by molar-refractivity contribution is 6.26. The minimum Gasteiger partial charge on any atom is -0.511 e. The Morgan fingerprint density at radius 1 is 0.762 bits per heavy atom. The van der Waals surface area contributed by atoms with Crippen LogP contribution in [0.4, 0.5) is 4.79 Å². The van der Waals surface area contributed by atoms with Crippen LogP contribution in [0.15, 0.2) is 58.4 Å². The smallest absolute Gasteiger partial charge is 0.407 e. The molecule has 6 fully saturated rings. The zero-order valence-electron chi connectivity index (χ0n) is 50.6. The second-order valence-electron chi connectivity index (χ2n) is 25.9. The van der Waals surface area contributed by atoms with Crippen molar-refractivity contribution in [1.82, 2.24) is 5.32 Å². The number of ether oxygens (including phenoxy) is 11. The lowest BCUT2D eigenvalue weighted by Gasteiger charge is -2.56. The van der Waals surface area contributed by atoms with Gasteiger partial charge in [0, 0.05) is 67.8 Å². The van der Waals surface area contributed by atoms with E-state index in [1.54, 1.807) is 46.8 Å². The van der Waals surface area contributed by atoms with E-state index in [1.807, 2.05) is 32.9 Å². The van der Waals surface area contributed by atoms with Crippen molar-refractivity contribution in [3.63, 3.8) is 0 Å². The van der Waals surface area contributed by atoms with Gasteiger partial charge < -0.3 is 83.0 Å². The van der Waals surface area contributed by atoms with Crippen LogP contribution in [0.1, 0.15) is 121 Å². The number of methoxy groups -OCH3 is 2. The molecule has 5 aliphatic heterocycles. The number of allylic oxidation sites excluding steroid dienone is 3. The number of esters is 1. The molecule has 5 heterocycles. The van der Waals surface area contributed by atoms with Gasteiger partial charge in [0.05, 0.1) is 75.1 Å². The van der Waals surface area contributed by atoms with E-state index in [9.17, 15) is 45.2 Å². The summed E-state index contributed by atoms with van der Waals surface area (Å²) in [6, 6.07) is -1.08. The van der Waals surface area contributed by atoms with Gasteiger partial charge in [0.2, 0.25) is 11.3 Å². The zero-order chi connectivity index (χ0) is 61.2. The summed E-state index contributed by atoms with van der Waals surface area (Å²) in [6.07, 6.45) is -3.57. The normalized spacial score (nSPS) is 47.8. The first-order chi connectivity index (χ1) is 39.6. The Kier molecular flexibility index (Phi) is 19.2. The standard InChI is InChI=1S/C61H90N2O21/c1-27-14-17-42(80-47-25-59(10,63(72)73)54(35(9)79-47)62-58(71)75-13)28(2)19-37-20-36(26-64)31(5)24-61(37)56(69)48(57(70)84-61)55(68)60(11)39(27)16-15-38-49(60)29(3)18-30(4)51(38)82-46-23-43(50(67)32(6)76-46)81-44-22-41(66)53(34(8)78-44)83-45-21-40(65)52(74-12)33(7)77-45/h14-16,19-20,29-35,37-47,49-54,64-68H,17-18,21-26H2,1-13H3,(H,62,71)/b27-14-,28-19?,55-48?/t29-,30-,31+,32-,33-,34-,35+,37+,38-,39-,40+,41+,42-,43+,44-,45+,46-,47-,49+,50-,51-,52-,53-,54-,59-,60+,61-/m0/s1. The molecule has 0 aromatic carbocycles. The van der Waals surface area contributed by atoms with Crippen molar-refractivity contribution >= 4 is 17.8 Å². The number of aliphatic hydroxyl groups excluding tert-OH is 5. The van der Waals surface area contributed by atoms with Crippen molar-refractivity contribution in [1.29, 1.82) is 0 Å². The maximum Gasteiger partial charge on any atom is 0.407 e. The van der Waals surface area contributed by atoms with Crippen LogP contribution in [-0.2, 0) is 61.7 Å². The molecule has 5 saturated heterocycles. The molecule has 9 rings (SSSR count). The monoisotopic (exact) mass is 1190 g/mol. The highest BCUT2D eigenvalue weighted by Crippen LogP contribution is 2.61. The summed E-state index contributed by atoms with van der Waals surface area (Å²) in [6.45, 7) is 19.6. The first-order valence-electron chi connectivity index (χ1n) is 30.0. The Labute approximate surface area is 491 Å². The van der Waals surface area contributed by atoms with Gasteiger partial charge in [-0.2, -0.15) is 0 Å². The summed E-state index contributed by atoms with van der Waals surface area (Å²) in [7, 11) is 2.67. The van der Waals surface area contributed by atoms with Gasteiger partial charge in [-0.1, -0.05) is 63.6 Å². The summed E-state index contributed by atoms with van der Waals surface area (Å²) < 4.78 is 68.0. The van der Waals surface area contributed by atoms with Gasteiger partial charge in [0.15, 0.2) is 30.8 Å². The molecule has 1 amide bonds. The predicted octanol–water partition coefficient (Wildman–Crippen LogP) is 5.57. The maximum atomic E-state index is 15.6. The highest BCUT2D eigenvalue weighted by Gasteiger charge is 2.64. The number of carbonyl (C=O) groups excluding carboxylic acids is 3. The second-order valence-corrected chi connectivity index (χ2v) is 25.9. The van der Waals surface area contributed by atoms with E-state index >= 15 is 4.79 Å². The first kappa shape index (κ1) is 64.3. The molecule has 4 aliphatic carbocycles. The van der Waals surface area contributed by atoms with Gasteiger partial charge in [0.1, 0.15) is 35.7 Å². The van der Waals surface area contributed by atoms with Crippen LogP contribution in [0.3, 0.4) is 0 Å². The van der Waals surface area contributed by atoms with Crippen molar-refractivity contribution in [2.45, 2.75) is 237 Å². The van der Waals surface area contributed by atoms with E-state index < -0.39 is 185 Å². The molecule has 84 heavy (non-hydrogen) atoms. The average molecular weight is 1190 g/mol. The molecular formula is C61H90N2O21. The van der Waals surface area contributed by atoms with Crippen molar-refractivity contribution in [3.8, 4) is 0 Å². The minimum atomic E-state index is -1.82. The molecular weight excluding hydrogens is 1100 g/mol. The summed E-state index contributed by atoms with van der Waals surface area (Å²) in [5.74, 6) is -5.10. The van der Waals surface area contributed by atoms with Gasteiger partial charge >= 0.3 is 12.1 Å². The third kappa shape index (κ3) is 11.8. The van der Waals surface area contributed by atoms with Crippen LogP contribution in [-0.4, -0.2) is 185 Å². The number of hydrogen-bond acceptors (Lipinski definition) is 21. The highest BCUT2D eigenvalue weighted by atomic mass is 16.7. The van der Waals surface area contributed by atoms with Crippen molar-refractivity contribution in [3.05, 3.63) is 68.5 Å². The molecule has 0 aromatic heterocycles. The molecule has 470 valence electrons. The number of fused-ring (bicyclic) bond motifs is 4. The largest absolute Gasteiger partial charge is 0.511 e. The SMILES string of the molecule is COC(=O)N[C@H]1[C@@H](C)O[C@@H](O[C@H]2C/C=C(/C)[C@@H]3C=C[C@@H]4[C@@H](O[C@H]5C[C@@H](O[C@H]6C[C@@H](O)[C@@H](O[C@@H]7C[C@@H](O)[C@@H](OC)[C@H](C)O7)[C@H](C)O6)[C@@H](O)[C@H](C)O5)[C@@H](C)C[C@H](C)[C@H]4[C@]3(C)C(O)=C3C(=O)O[C@]4(C[C@@H](C)C(CO)=C[C@H]4C=C2C)C3=O)C[C@]1(C)[N+](=O)[O-]. The lowest BCUT2D eigenvalue weighted by atomic mass is 9.49. The number of nitrogens with one attached hydrogen (secondary N) is 1. The molecule has 23 heteroatoms. The summed E-state index contributed by atoms with van der Waals surface area (Å²) >= 11 is 0. The van der Waals surface area contributed by atoms with Gasteiger partial charge in [-0.3, -0.25) is 14.9 Å². The molecule has 0 unspecified atom stereocenters. The number of carbonyl (C=O) groups is 3. The topological polar surface area (TPSA) is 309 Å². The molecule has 27 atom stereocenters. The van der Waals surface area contributed by atoms with E-state index in [0.29, 0.717) is 17.6 Å². The van der Waals surface area contributed by atoms with Crippen molar-refractivity contribution in [2.75, 3.05) is 20.8 Å². The summed E-state index contributed by atoms with van der Waals surface area (Å²) in [5, 5.41) is 72.9. The van der Waals surface area contributed by atoms with Gasteiger partial charge in [0.25, 0.3) is 0 Å². The number of Topliss-reactive ketones (excluding diaryl/α,β-unsaturated/α-hetero) is 1. The number of alkyl carbamates (subject to hydrolysis) is 1. The molecule has 6 N–H and O–H groups in total. The van der Waals surface area contributed by atoms with Crippen LogP contribution in [0.2, 0.25) is 0 Å². The van der Waals surface area contributed by atoms with E-state index in [0.717, 1.165) is 5.57 Å². The quantitative estimate of drug-likeness (QED) is 0.0457.